The normalized spacial score (nSPS) is 31.6. The molecule has 0 aromatic rings. The fourth-order valence-corrected chi connectivity index (χ4v) is 5.55. The SMILES string of the molecule is CCN1CCN(S(=O)(=O)N2CCCCC2CCl)CC1C. The van der Waals surface area contributed by atoms with Crippen molar-refractivity contribution in [2.75, 3.05) is 38.6 Å². The summed E-state index contributed by atoms with van der Waals surface area (Å²) in [5.74, 6) is 0.393. The first-order valence-electron chi connectivity index (χ1n) is 7.57. The molecular formula is C13H26ClN3O2S. The van der Waals surface area contributed by atoms with Gasteiger partial charge >= 0.3 is 0 Å². The molecule has 0 bridgehead atoms. The Kier molecular flexibility index (Phi) is 5.71. The molecule has 0 aliphatic carbocycles. The van der Waals surface area contributed by atoms with Crippen LogP contribution < -0.4 is 0 Å². The van der Waals surface area contributed by atoms with Gasteiger partial charge in [0, 0.05) is 44.1 Å². The van der Waals surface area contributed by atoms with Crippen molar-refractivity contribution in [2.24, 2.45) is 0 Å². The third-order valence-corrected chi connectivity index (χ3v) is 6.92. The Morgan fingerprint density at radius 3 is 2.55 bits per heavy atom. The predicted octanol–water partition coefficient (Wildman–Crippen LogP) is 1.35. The molecule has 118 valence electrons. The van der Waals surface area contributed by atoms with Crippen LogP contribution in [-0.4, -0.2) is 72.6 Å². The summed E-state index contributed by atoms with van der Waals surface area (Å²) in [6.07, 6.45) is 2.90. The van der Waals surface area contributed by atoms with Gasteiger partial charge in [-0.2, -0.15) is 17.0 Å². The van der Waals surface area contributed by atoms with E-state index < -0.39 is 10.2 Å². The topological polar surface area (TPSA) is 43.9 Å². The summed E-state index contributed by atoms with van der Waals surface area (Å²) in [6, 6.07) is 0.248. The molecule has 2 rings (SSSR count). The van der Waals surface area contributed by atoms with Gasteiger partial charge in [0.25, 0.3) is 10.2 Å². The van der Waals surface area contributed by atoms with Gasteiger partial charge in [-0.25, -0.2) is 0 Å². The highest BCUT2D eigenvalue weighted by Crippen LogP contribution is 2.25. The van der Waals surface area contributed by atoms with Crippen molar-refractivity contribution < 1.29 is 8.42 Å². The van der Waals surface area contributed by atoms with E-state index in [-0.39, 0.29) is 12.1 Å². The maximum absolute atomic E-state index is 12.8. The first-order valence-corrected chi connectivity index (χ1v) is 9.50. The molecular weight excluding hydrogens is 298 g/mol. The van der Waals surface area contributed by atoms with Crippen LogP contribution >= 0.6 is 11.6 Å². The number of piperazine rings is 1. The van der Waals surface area contributed by atoms with E-state index in [2.05, 4.69) is 18.7 Å². The smallest absolute Gasteiger partial charge is 0.282 e. The monoisotopic (exact) mass is 323 g/mol. The summed E-state index contributed by atoms with van der Waals surface area (Å²) >= 11 is 5.96. The molecule has 0 N–H and O–H groups in total. The van der Waals surface area contributed by atoms with Gasteiger partial charge in [-0.15, -0.1) is 11.6 Å². The van der Waals surface area contributed by atoms with Crippen LogP contribution in [0.5, 0.6) is 0 Å². The van der Waals surface area contributed by atoms with Gasteiger partial charge in [0.1, 0.15) is 0 Å². The quantitative estimate of drug-likeness (QED) is 0.734. The van der Waals surface area contributed by atoms with Crippen molar-refractivity contribution in [3.63, 3.8) is 0 Å². The summed E-state index contributed by atoms with van der Waals surface area (Å²) in [6.45, 7) is 7.80. The average Bonchev–Trinajstić information content (AvgIpc) is 2.47. The third kappa shape index (κ3) is 3.30. The minimum atomic E-state index is -3.36. The lowest BCUT2D eigenvalue weighted by molar-refractivity contribution is 0.127. The molecule has 2 heterocycles. The largest absolute Gasteiger partial charge is 0.298 e. The first kappa shape index (κ1) is 16.5. The molecule has 2 atom stereocenters. The molecule has 0 radical (unpaired) electrons. The summed E-state index contributed by atoms with van der Waals surface area (Å²) in [4.78, 5) is 2.32. The van der Waals surface area contributed by atoms with E-state index in [1.807, 2.05) is 0 Å². The number of halogens is 1. The lowest BCUT2D eigenvalue weighted by Gasteiger charge is -2.42. The summed E-state index contributed by atoms with van der Waals surface area (Å²) < 4.78 is 28.9. The van der Waals surface area contributed by atoms with Crippen LogP contribution in [0, 0.1) is 0 Å². The molecule has 2 unspecified atom stereocenters. The molecule has 2 saturated heterocycles. The lowest BCUT2D eigenvalue weighted by Crippen LogP contribution is -2.58. The van der Waals surface area contributed by atoms with E-state index in [9.17, 15) is 8.42 Å². The number of likely N-dealkylation sites (N-methyl/N-ethyl adjacent to an activating group) is 1. The van der Waals surface area contributed by atoms with Gasteiger partial charge in [0.15, 0.2) is 0 Å². The maximum Gasteiger partial charge on any atom is 0.282 e. The average molecular weight is 324 g/mol. The maximum atomic E-state index is 12.8. The highest BCUT2D eigenvalue weighted by Gasteiger charge is 2.38. The van der Waals surface area contributed by atoms with Gasteiger partial charge in [0.05, 0.1) is 0 Å². The second-order valence-electron chi connectivity index (χ2n) is 5.76. The molecule has 2 aliphatic rings. The molecule has 0 aromatic carbocycles. The van der Waals surface area contributed by atoms with Crippen molar-refractivity contribution in [2.45, 2.75) is 45.2 Å². The zero-order valence-electron chi connectivity index (χ0n) is 12.5. The van der Waals surface area contributed by atoms with Gasteiger partial charge in [-0.1, -0.05) is 13.3 Å². The van der Waals surface area contributed by atoms with Crippen molar-refractivity contribution >= 4 is 21.8 Å². The number of hydrogen-bond donors (Lipinski definition) is 0. The van der Waals surface area contributed by atoms with Gasteiger partial charge in [-0.05, 0) is 26.3 Å². The van der Waals surface area contributed by atoms with E-state index in [0.29, 0.717) is 25.5 Å². The Balaban J connectivity index is 2.10. The Hall–Kier alpha value is 0.120. The minimum absolute atomic E-state index is 0.0325. The summed E-state index contributed by atoms with van der Waals surface area (Å²) in [7, 11) is -3.36. The number of alkyl halides is 1. The predicted molar refractivity (Wildman–Crippen MR) is 82.3 cm³/mol. The second-order valence-corrected chi connectivity index (χ2v) is 7.95. The fourth-order valence-electron chi connectivity index (χ4n) is 3.22. The van der Waals surface area contributed by atoms with Crippen molar-refractivity contribution in [1.29, 1.82) is 0 Å². The minimum Gasteiger partial charge on any atom is -0.298 e. The van der Waals surface area contributed by atoms with Crippen LogP contribution in [0.15, 0.2) is 0 Å². The molecule has 2 fully saturated rings. The molecule has 2 aliphatic heterocycles. The van der Waals surface area contributed by atoms with Crippen molar-refractivity contribution in [3.05, 3.63) is 0 Å². The standard InChI is InChI=1S/C13H26ClN3O2S/c1-3-15-8-9-16(11-12(15)2)20(18,19)17-7-5-4-6-13(17)10-14/h12-13H,3-11H2,1-2H3. The van der Waals surface area contributed by atoms with Crippen LogP contribution in [-0.2, 0) is 10.2 Å². The zero-order chi connectivity index (χ0) is 14.8. The van der Waals surface area contributed by atoms with E-state index in [1.54, 1.807) is 8.61 Å². The summed E-state index contributed by atoms with van der Waals surface area (Å²) in [5, 5.41) is 0. The van der Waals surface area contributed by atoms with Crippen molar-refractivity contribution in [1.82, 2.24) is 13.5 Å². The number of nitrogens with zero attached hydrogens (tertiary/aromatic N) is 3. The molecule has 0 saturated carbocycles. The molecule has 0 amide bonds. The van der Waals surface area contributed by atoms with Gasteiger partial charge in [0.2, 0.25) is 0 Å². The van der Waals surface area contributed by atoms with Gasteiger partial charge < -0.3 is 0 Å². The summed E-state index contributed by atoms with van der Waals surface area (Å²) in [5.41, 5.74) is 0. The highest BCUT2D eigenvalue weighted by molar-refractivity contribution is 7.86. The highest BCUT2D eigenvalue weighted by atomic mass is 35.5. The Labute approximate surface area is 128 Å². The van der Waals surface area contributed by atoms with E-state index in [1.165, 1.54) is 0 Å². The number of hydrogen-bond acceptors (Lipinski definition) is 3. The second kappa shape index (κ2) is 6.92. The number of piperidine rings is 1. The van der Waals surface area contributed by atoms with E-state index in [4.69, 9.17) is 11.6 Å². The number of rotatable bonds is 4. The molecule has 5 nitrogen and oxygen atoms in total. The van der Waals surface area contributed by atoms with Crippen LogP contribution in [0.3, 0.4) is 0 Å². The molecule has 7 heteroatoms. The van der Waals surface area contributed by atoms with Crippen molar-refractivity contribution in [3.8, 4) is 0 Å². The Morgan fingerprint density at radius 2 is 1.95 bits per heavy atom. The fraction of sp³-hybridized carbons (Fsp3) is 1.00. The van der Waals surface area contributed by atoms with Crippen LogP contribution in [0.4, 0.5) is 0 Å². The Morgan fingerprint density at radius 1 is 1.20 bits per heavy atom. The van der Waals surface area contributed by atoms with Crippen LogP contribution in [0.1, 0.15) is 33.1 Å². The molecule has 0 aromatic heterocycles. The van der Waals surface area contributed by atoms with Crippen LogP contribution in [0.2, 0.25) is 0 Å². The molecule has 20 heavy (non-hydrogen) atoms. The first-order chi connectivity index (χ1) is 9.50. The molecule has 0 spiro atoms. The van der Waals surface area contributed by atoms with E-state index in [0.717, 1.165) is 32.4 Å². The van der Waals surface area contributed by atoms with Crippen LogP contribution in [0.25, 0.3) is 0 Å². The Bertz CT molecular complexity index is 418. The third-order valence-electron chi connectivity index (χ3n) is 4.51. The zero-order valence-corrected chi connectivity index (χ0v) is 14.0. The van der Waals surface area contributed by atoms with E-state index >= 15 is 0 Å². The lowest BCUT2D eigenvalue weighted by atomic mass is 10.1. The van der Waals surface area contributed by atoms with Gasteiger partial charge in [-0.3, -0.25) is 4.90 Å².